The number of likely N-dealkylation sites (tertiary alicyclic amines) is 1. The summed E-state index contributed by atoms with van der Waals surface area (Å²) in [5.41, 5.74) is 0.816. The van der Waals surface area contributed by atoms with Gasteiger partial charge >= 0.3 is 5.97 Å². The second-order valence-electron chi connectivity index (χ2n) is 14.3. The van der Waals surface area contributed by atoms with Crippen molar-refractivity contribution in [3.63, 3.8) is 0 Å². The first-order valence-electron chi connectivity index (χ1n) is 17.6. The lowest BCUT2D eigenvalue weighted by molar-refractivity contribution is -0.146. The lowest BCUT2D eigenvalue weighted by Gasteiger charge is -2.40. The molecule has 11 nitrogen and oxygen atoms in total. The Hall–Kier alpha value is -3.47. The molecule has 0 saturated carbocycles. The van der Waals surface area contributed by atoms with E-state index in [0.29, 0.717) is 19.4 Å². The van der Waals surface area contributed by atoms with Gasteiger partial charge in [-0.15, -0.1) is 0 Å². The Morgan fingerprint density at radius 3 is 2.19 bits per heavy atom. The number of nitrogens with zero attached hydrogens (tertiary/aromatic N) is 2. The van der Waals surface area contributed by atoms with Gasteiger partial charge in [-0.25, -0.2) is 4.79 Å². The van der Waals surface area contributed by atoms with E-state index in [2.05, 4.69) is 10.6 Å². The molecule has 1 aliphatic rings. The average Bonchev–Trinajstić information content (AvgIpc) is 3.50. The molecule has 4 amide bonds. The van der Waals surface area contributed by atoms with Crippen molar-refractivity contribution in [3.8, 4) is 0 Å². The van der Waals surface area contributed by atoms with Crippen molar-refractivity contribution in [2.75, 3.05) is 20.7 Å². The van der Waals surface area contributed by atoms with E-state index >= 15 is 0 Å². The third-order valence-electron chi connectivity index (χ3n) is 9.59. The highest BCUT2D eigenvalue weighted by atomic mass is 16.5. The Morgan fingerprint density at radius 2 is 1.65 bits per heavy atom. The molecule has 1 aliphatic heterocycles. The number of aliphatic carboxylic acids is 1. The van der Waals surface area contributed by atoms with Crippen molar-refractivity contribution in [2.24, 2.45) is 23.7 Å². The van der Waals surface area contributed by atoms with Gasteiger partial charge in [0.2, 0.25) is 23.6 Å². The van der Waals surface area contributed by atoms with Gasteiger partial charge < -0.3 is 30.3 Å². The standard InChI is InChI=1S/C37H60N4O7/c1-10-25(6)34(40(8)36(45)33(24(4)5)39-31(42)19-23(2)3)30(48-9)22-32(43)41-18-14-17-28(41)20-26(7)35(44)38-29(37(46)47)21-27-15-12-11-13-16-27/h11-13,15-16,23-26,28-30,33-34H,10,14,17-22H2,1-9H3,(H,38,44)(H,39,42)(H,46,47)/t25-,26+,28-,29-,30+,33-,34-/m0/s1. The lowest BCUT2D eigenvalue weighted by atomic mass is 9.89. The molecule has 0 bridgehead atoms. The Morgan fingerprint density at radius 1 is 1.00 bits per heavy atom. The second-order valence-corrected chi connectivity index (χ2v) is 14.3. The smallest absolute Gasteiger partial charge is 0.326 e. The number of nitrogens with one attached hydrogen (secondary N) is 2. The highest BCUT2D eigenvalue weighted by Gasteiger charge is 2.40. The molecule has 2 rings (SSSR count). The predicted molar refractivity (Wildman–Crippen MR) is 186 cm³/mol. The molecule has 3 N–H and O–H groups in total. The maximum absolute atomic E-state index is 13.9. The summed E-state index contributed by atoms with van der Waals surface area (Å²) in [5.74, 6) is -2.41. The monoisotopic (exact) mass is 672 g/mol. The maximum atomic E-state index is 13.9. The van der Waals surface area contributed by atoms with Gasteiger partial charge in [-0.1, -0.05) is 85.2 Å². The molecule has 1 saturated heterocycles. The Bertz CT molecular complexity index is 1210. The van der Waals surface area contributed by atoms with E-state index in [1.54, 1.807) is 26.0 Å². The van der Waals surface area contributed by atoms with Gasteiger partial charge in [0.15, 0.2) is 0 Å². The summed E-state index contributed by atoms with van der Waals surface area (Å²) in [6, 6.07) is 6.83. The fourth-order valence-corrected chi connectivity index (χ4v) is 6.64. The molecular weight excluding hydrogens is 612 g/mol. The van der Waals surface area contributed by atoms with Crippen LogP contribution in [-0.2, 0) is 35.1 Å². The molecular formula is C37H60N4O7. The van der Waals surface area contributed by atoms with Crippen LogP contribution < -0.4 is 10.6 Å². The van der Waals surface area contributed by atoms with E-state index in [1.807, 2.05) is 76.8 Å². The summed E-state index contributed by atoms with van der Waals surface area (Å²) in [6.45, 7) is 14.1. The van der Waals surface area contributed by atoms with E-state index in [0.717, 1.165) is 24.8 Å². The minimum absolute atomic E-state index is 0.00652. The van der Waals surface area contributed by atoms with E-state index < -0.39 is 36.1 Å². The number of ether oxygens (including phenoxy) is 1. The Balaban J connectivity index is 2.14. The number of hydrogen-bond donors (Lipinski definition) is 3. The van der Waals surface area contributed by atoms with Gasteiger partial charge in [0, 0.05) is 45.5 Å². The van der Waals surface area contributed by atoms with Crippen molar-refractivity contribution in [2.45, 2.75) is 124 Å². The molecule has 0 unspecified atom stereocenters. The van der Waals surface area contributed by atoms with Crippen LogP contribution in [0, 0.1) is 23.7 Å². The Labute approximate surface area is 287 Å². The fraction of sp³-hybridized carbons (Fsp3) is 0.703. The van der Waals surface area contributed by atoms with Crippen LogP contribution in [0.5, 0.6) is 0 Å². The number of carboxylic acid groups (broad SMARTS) is 1. The van der Waals surface area contributed by atoms with Crippen molar-refractivity contribution in [1.82, 2.24) is 20.4 Å². The van der Waals surface area contributed by atoms with E-state index in [-0.39, 0.29) is 60.3 Å². The van der Waals surface area contributed by atoms with Crippen LogP contribution in [0.3, 0.4) is 0 Å². The number of carboxylic acids is 1. The number of likely N-dealkylation sites (N-methyl/N-ethyl adjacent to an activating group) is 1. The lowest BCUT2D eigenvalue weighted by Crippen LogP contribution is -2.57. The predicted octanol–water partition coefficient (Wildman–Crippen LogP) is 4.28. The molecule has 0 spiro atoms. The SMILES string of the molecule is CC[C@H](C)[C@@H]([C@@H](CC(=O)N1CCC[C@H]1C[C@@H](C)C(=O)N[C@@H](Cc1ccccc1)C(=O)O)OC)N(C)C(=O)[C@@H](NC(=O)CC(C)C)C(C)C. The molecule has 1 heterocycles. The molecule has 1 aromatic carbocycles. The first kappa shape index (κ1) is 40.7. The number of benzene rings is 1. The van der Waals surface area contributed by atoms with Crippen LogP contribution in [0.25, 0.3) is 0 Å². The van der Waals surface area contributed by atoms with Gasteiger partial charge in [0.1, 0.15) is 12.1 Å². The minimum Gasteiger partial charge on any atom is -0.480 e. The molecule has 270 valence electrons. The second kappa shape index (κ2) is 19.5. The van der Waals surface area contributed by atoms with Crippen LogP contribution in [0.4, 0.5) is 0 Å². The van der Waals surface area contributed by atoms with Crippen molar-refractivity contribution < 1.29 is 33.8 Å². The van der Waals surface area contributed by atoms with Crippen molar-refractivity contribution in [3.05, 3.63) is 35.9 Å². The summed E-state index contributed by atoms with van der Waals surface area (Å²) in [7, 11) is 3.28. The zero-order valence-electron chi connectivity index (χ0n) is 30.5. The fourth-order valence-electron chi connectivity index (χ4n) is 6.64. The summed E-state index contributed by atoms with van der Waals surface area (Å²) in [5, 5.41) is 15.4. The highest BCUT2D eigenvalue weighted by molar-refractivity contribution is 5.88. The van der Waals surface area contributed by atoms with Crippen LogP contribution in [0.1, 0.15) is 92.6 Å². The number of carbonyl (C=O) groups excluding carboxylic acids is 4. The summed E-state index contributed by atoms with van der Waals surface area (Å²) in [6.07, 6.45) is 2.68. The molecule has 0 radical (unpaired) electrons. The molecule has 1 fully saturated rings. The van der Waals surface area contributed by atoms with Gasteiger partial charge in [0.05, 0.1) is 18.6 Å². The largest absolute Gasteiger partial charge is 0.480 e. The molecule has 48 heavy (non-hydrogen) atoms. The summed E-state index contributed by atoms with van der Waals surface area (Å²) in [4.78, 5) is 68.9. The number of carbonyl (C=O) groups is 5. The molecule has 11 heteroatoms. The zero-order valence-corrected chi connectivity index (χ0v) is 30.5. The van der Waals surface area contributed by atoms with Crippen molar-refractivity contribution in [1.29, 1.82) is 0 Å². The van der Waals surface area contributed by atoms with Gasteiger partial charge in [-0.2, -0.15) is 0 Å². The molecule has 1 aromatic rings. The highest BCUT2D eigenvalue weighted by Crippen LogP contribution is 2.28. The van der Waals surface area contributed by atoms with Crippen LogP contribution >= 0.6 is 0 Å². The zero-order chi connectivity index (χ0) is 36.1. The molecule has 7 atom stereocenters. The Kier molecular flexibility index (Phi) is 16.5. The maximum Gasteiger partial charge on any atom is 0.326 e. The number of methoxy groups -OCH3 is 1. The first-order chi connectivity index (χ1) is 22.6. The van der Waals surface area contributed by atoms with Gasteiger partial charge in [-0.05, 0) is 42.6 Å². The summed E-state index contributed by atoms with van der Waals surface area (Å²) >= 11 is 0. The van der Waals surface area contributed by atoms with E-state index in [1.165, 1.54) is 0 Å². The quantitative estimate of drug-likeness (QED) is 0.199. The third kappa shape index (κ3) is 11.9. The normalized spacial score (nSPS) is 18.5. The van der Waals surface area contributed by atoms with Crippen LogP contribution in [0.2, 0.25) is 0 Å². The van der Waals surface area contributed by atoms with Crippen LogP contribution in [0.15, 0.2) is 30.3 Å². The first-order valence-corrected chi connectivity index (χ1v) is 17.6. The third-order valence-corrected chi connectivity index (χ3v) is 9.59. The molecule has 0 aromatic heterocycles. The van der Waals surface area contributed by atoms with Gasteiger partial charge in [0.25, 0.3) is 0 Å². The van der Waals surface area contributed by atoms with E-state index in [9.17, 15) is 29.1 Å². The number of rotatable bonds is 19. The minimum atomic E-state index is -1.10. The average molecular weight is 673 g/mol. The number of hydrogen-bond acceptors (Lipinski definition) is 6. The van der Waals surface area contributed by atoms with Crippen molar-refractivity contribution >= 4 is 29.6 Å². The van der Waals surface area contributed by atoms with E-state index in [4.69, 9.17) is 4.74 Å². The topological polar surface area (TPSA) is 145 Å². The number of amides is 4. The summed E-state index contributed by atoms with van der Waals surface area (Å²) < 4.78 is 5.93. The van der Waals surface area contributed by atoms with Gasteiger partial charge in [-0.3, -0.25) is 19.2 Å². The molecule has 0 aliphatic carbocycles. The van der Waals surface area contributed by atoms with Crippen LogP contribution in [-0.4, -0.2) is 95.5 Å².